The van der Waals surface area contributed by atoms with Crippen LogP contribution < -0.4 is 15.2 Å². The molecule has 0 heterocycles. The van der Waals surface area contributed by atoms with Gasteiger partial charge in [-0.2, -0.15) is 11.8 Å². The highest BCUT2D eigenvalue weighted by atomic mass is 32.2. The van der Waals surface area contributed by atoms with Crippen molar-refractivity contribution in [3.8, 4) is 11.5 Å². The number of hydrogen-bond donors (Lipinski definition) is 1. The van der Waals surface area contributed by atoms with Crippen LogP contribution in [0.15, 0.2) is 18.2 Å². The van der Waals surface area contributed by atoms with Crippen LogP contribution in [0.5, 0.6) is 11.5 Å². The van der Waals surface area contributed by atoms with E-state index in [-0.39, 0.29) is 6.04 Å². The third-order valence-electron chi connectivity index (χ3n) is 2.95. The molecule has 1 rings (SSSR count). The van der Waals surface area contributed by atoms with E-state index in [1.807, 2.05) is 30.8 Å². The molecule has 0 spiro atoms. The second-order valence-corrected chi connectivity index (χ2v) is 6.59. The van der Waals surface area contributed by atoms with E-state index in [0.717, 1.165) is 61.0 Å². The lowest BCUT2D eigenvalue weighted by Gasteiger charge is -2.15. The van der Waals surface area contributed by atoms with Crippen LogP contribution in [-0.2, 0) is 6.42 Å². The molecule has 0 fully saturated rings. The molecule has 1 aromatic carbocycles. The molecule has 2 N–H and O–H groups in total. The van der Waals surface area contributed by atoms with Crippen LogP contribution in [0.2, 0.25) is 0 Å². The van der Waals surface area contributed by atoms with Crippen LogP contribution in [0.25, 0.3) is 0 Å². The molecule has 4 heteroatoms. The molecule has 0 aliphatic carbocycles. The normalized spacial score (nSPS) is 12.2. The van der Waals surface area contributed by atoms with E-state index in [4.69, 9.17) is 15.2 Å². The molecule has 0 aliphatic rings. The molecule has 1 aromatic rings. The maximum atomic E-state index is 5.96. The van der Waals surface area contributed by atoms with E-state index in [2.05, 4.69) is 19.9 Å². The molecule has 0 saturated heterocycles. The van der Waals surface area contributed by atoms with Crippen molar-refractivity contribution >= 4 is 11.8 Å². The van der Waals surface area contributed by atoms with Gasteiger partial charge >= 0.3 is 0 Å². The number of hydrogen-bond acceptors (Lipinski definition) is 4. The second kappa shape index (κ2) is 10.8. The summed E-state index contributed by atoms with van der Waals surface area (Å²) in [5.74, 6) is 4.10. The van der Waals surface area contributed by atoms with E-state index in [9.17, 15) is 0 Å². The number of rotatable bonds is 11. The maximum absolute atomic E-state index is 5.96. The number of thioether (sulfide) groups is 1. The largest absolute Gasteiger partial charge is 0.493 e. The summed E-state index contributed by atoms with van der Waals surface area (Å²) in [5.41, 5.74) is 7.08. The van der Waals surface area contributed by atoms with Crippen LogP contribution in [0.4, 0.5) is 0 Å². The van der Waals surface area contributed by atoms with Gasteiger partial charge < -0.3 is 15.2 Å². The standard InChI is InChI=1S/C17H29NO2S/c1-4-9-19-16-8-7-15(12-14(3)18)17(13-16)20-10-6-11-21-5-2/h7-8,13-14H,4-6,9-12,18H2,1-3H3. The Hall–Kier alpha value is -0.870. The van der Waals surface area contributed by atoms with Crippen LogP contribution in [-0.4, -0.2) is 30.8 Å². The molecule has 0 radical (unpaired) electrons. The van der Waals surface area contributed by atoms with Crippen molar-refractivity contribution in [1.29, 1.82) is 0 Å². The van der Waals surface area contributed by atoms with Gasteiger partial charge in [0.05, 0.1) is 13.2 Å². The molecule has 21 heavy (non-hydrogen) atoms. The SMILES string of the molecule is CCCOc1ccc(CC(C)N)c(OCCCSCC)c1. The van der Waals surface area contributed by atoms with E-state index in [1.54, 1.807) is 0 Å². The third-order valence-corrected chi connectivity index (χ3v) is 3.93. The van der Waals surface area contributed by atoms with Gasteiger partial charge in [-0.15, -0.1) is 0 Å². The van der Waals surface area contributed by atoms with Crippen LogP contribution >= 0.6 is 11.8 Å². The summed E-state index contributed by atoms with van der Waals surface area (Å²) in [6.45, 7) is 7.78. The molecule has 0 saturated carbocycles. The summed E-state index contributed by atoms with van der Waals surface area (Å²) in [5, 5.41) is 0. The Kier molecular flexibility index (Phi) is 9.35. The minimum Gasteiger partial charge on any atom is -0.493 e. The summed E-state index contributed by atoms with van der Waals surface area (Å²) >= 11 is 1.95. The van der Waals surface area contributed by atoms with E-state index < -0.39 is 0 Å². The van der Waals surface area contributed by atoms with Gasteiger partial charge in [0.1, 0.15) is 11.5 Å². The Morgan fingerprint density at radius 3 is 2.67 bits per heavy atom. The van der Waals surface area contributed by atoms with Crippen molar-refractivity contribution in [1.82, 2.24) is 0 Å². The predicted octanol–water partition coefficient (Wildman–Crippen LogP) is 3.89. The van der Waals surface area contributed by atoms with Crippen molar-refractivity contribution in [3.63, 3.8) is 0 Å². The molecule has 1 unspecified atom stereocenters. The average molecular weight is 311 g/mol. The van der Waals surface area contributed by atoms with Crippen molar-refractivity contribution in [2.24, 2.45) is 5.73 Å². The Morgan fingerprint density at radius 1 is 1.19 bits per heavy atom. The van der Waals surface area contributed by atoms with Gasteiger partial charge in [0, 0.05) is 12.1 Å². The van der Waals surface area contributed by atoms with Gasteiger partial charge in [-0.05, 0) is 49.3 Å². The van der Waals surface area contributed by atoms with Crippen LogP contribution in [0, 0.1) is 0 Å². The highest BCUT2D eigenvalue weighted by Crippen LogP contribution is 2.26. The first kappa shape index (κ1) is 18.2. The van der Waals surface area contributed by atoms with Gasteiger partial charge in [0.2, 0.25) is 0 Å². The predicted molar refractivity (Wildman–Crippen MR) is 92.7 cm³/mol. The third kappa shape index (κ3) is 7.63. The lowest BCUT2D eigenvalue weighted by molar-refractivity contribution is 0.300. The molecule has 0 aliphatic heterocycles. The summed E-state index contributed by atoms with van der Waals surface area (Å²) in [7, 11) is 0. The topological polar surface area (TPSA) is 44.5 Å². The number of benzene rings is 1. The van der Waals surface area contributed by atoms with E-state index in [1.165, 1.54) is 0 Å². The summed E-state index contributed by atoms with van der Waals surface area (Å²) < 4.78 is 11.6. The highest BCUT2D eigenvalue weighted by Gasteiger charge is 2.08. The Labute approximate surface area is 133 Å². The lowest BCUT2D eigenvalue weighted by Crippen LogP contribution is -2.18. The quantitative estimate of drug-likeness (QED) is 0.630. The molecular formula is C17H29NO2S. The minimum absolute atomic E-state index is 0.130. The first-order valence-electron chi connectivity index (χ1n) is 7.89. The van der Waals surface area contributed by atoms with Crippen molar-refractivity contribution < 1.29 is 9.47 Å². The van der Waals surface area contributed by atoms with Gasteiger partial charge in [-0.25, -0.2) is 0 Å². The first-order valence-corrected chi connectivity index (χ1v) is 9.04. The van der Waals surface area contributed by atoms with Crippen molar-refractivity contribution in [2.75, 3.05) is 24.7 Å². The molecule has 0 aromatic heterocycles. The minimum atomic E-state index is 0.130. The second-order valence-electron chi connectivity index (χ2n) is 5.20. The molecule has 3 nitrogen and oxygen atoms in total. The van der Waals surface area contributed by atoms with Gasteiger partial charge in [0.15, 0.2) is 0 Å². The van der Waals surface area contributed by atoms with Gasteiger partial charge in [0.25, 0.3) is 0 Å². The zero-order valence-corrected chi connectivity index (χ0v) is 14.4. The zero-order valence-electron chi connectivity index (χ0n) is 13.6. The van der Waals surface area contributed by atoms with Crippen molar-refractivity contribution in [2.45, 2.75) is 46.1 Å². The van der Waals surface area contributed by atoms with E-state index in [0.29, 0.717) is 0 Å². The Bertz CT molecular complexity index is 396. The molecule has 0 amide bonds. The van der Waals surface area contributed by atoms with Crippen LogP contribution in [0.1, 0.15) is 39.2 Å². The summed E-state index contributed by atoms with van der Waals surface area (Å²) in [6, 6.07) is 6.21. The molecule has 120 valence electrons. The molecular weight excluding hydrogens is 282 g/mol. The Balaban J connectivity index is 2.64. The average Bonchev–Trinajstić information content (AvgIpc) is 2.46. The fourth-order valence-electron chi connectivity index (χ4n) is 1.98. The fourth-order valence-corrected chi connectivity index (χ4v) is 2.59. The maximum Gasteiger partial charge on any atom is 0.126 e. The van der Waals surface area contributed by atoms with Crippen LogP contribution in [0.3, 0.4) is 0 Å². The van der Waals surface area contributed by atoms with Gasteiger partial charge in [-0.1, -0.05) is 19.9 Å². The highest BCUT2D eigenvalue weighted by molar-refractivity contribution is 7.99. The summed E-state index contributed by atoms with van der Waals surface area (Å²) in [4.78, 5) is 0. The fraction of sp³-hybridized carbons (Fsp3) is 0.647. The first-order chi connectivity index (χ1) is 10.2. The van der Waals surface area contributed by atoms with E-state index >= 15 is 0 Å². The molecule has 1 atom stereocenters. The number of nitrogens with two attached hydrogens (primary N) is 1. The number of ether oxygens (including phenoxy) is 2. The lowest BCUT2D eigenvalue weighted by atomic mass is 10.1. The van der Waals surface area contributed by atoms with Crippen molar-refractivity contribution in [3.05, 3.63) is 23.8 Å². The monoisotopic (exact) mass is 311 g/mol. The Morgan fingerprint density at radius 2 is 2.00 bits per heavy atom. The molecule has 0 bridgehead atoms. The van der Waals surface area contributed by atoms with Gasteiger partial charge in [-0.3, -0.25) is 0 Å². The smallest absolute Gasteiger partial charge is 0.126 e. The summed E-state index contributed by atoms with van der Waals surface area (Å²) in [6.07, 6.45) is 2.90. The zero-order chi connectivity index (χ0) is 15.5.